The van der Waals surface area contributed by atoms with E-state index in [1.165, 1.54) is 25.7 Å². The van der Waals surface area contributed by atoms with Crippen molar-refractivity contribution in [3.05, 3.63) is 12.4 Å². The molecule has 0 saturated carbocycles. The number of unbranched alkanes of at least 4 members (excludes halogenated alkanes) is 3. The van der Waals surface area contributed by atoms with E-state index < -0.39 is 0 Å². The molecule has 0 bridgehead atoms. The number of hydrogen-bond donors (Lipinski definition) is 2. The fourth-order valence-corrected chi connectivity index (χ4v) is 1.55. The van der Waals surface area contributed by atoms with E-state index in [9.17, 15) is 4.79 Å². The predicted molar refractivity (Wildman–Crippen MR) is 68.9 cm³/mol. The van der Waals surface area contributed by atoms with E-state index in [2.05, 4.69) is 22.7 Å². The van der Waals surface area contributed by atoms with Crippen LogP contribution in [0.15, 0.2) is 12.4 Å². The third-order valence-electron chi connectivity index (χ3n) is 2.58. The number of anilines is 1. The first-order valence-electron chi connectivity index (χ1n) is 6.23. The number of nitrogens with one attached hydrogen (secondary N) is 2. The summed E-state index contributed by atoms with van der Waals surface area (Å²) in [7, 11) is 1.62. The maximum absolute atomic E-state index is 11.1. The van der Waals surface area contributed by atoms with Gasteiger partial charge in [0.25, 0.3) is 0 Å². The zero-order valence-corrected chi connectivity index (χ0v) is 10.7. The Bertz CT molecular complexity index is 335. The van der Waals surface area contributed by atoms with Crippen LogP contribution in [0.2, 0.25) is 0 Å². The molecule has 0 spiro atoms. The standard InChI is InChI=1S/C12H22N4O/c1-3-4-5-6-7-14-11-8-15-16(9-11)10-12(17)13-2/h8-9,14H,3-7,10H2,1-2H3,(H,13,17). The molecule has 0 atom stereocenters. The van der Waals surface area contributed by atoms with E-state index in [-0.39, 0.29) is 12.5 Å². The van der Waals surface area contributed by atoms with Crippen LogP contribution < -0.4 is 10.6 Å². The predicted octanol–water partition coefficient (Wildman–Crippen LogP) is 1.62. The Balaban J connectivity index is 2.23. The van der Waals surface area contributed by atoms with Crippen LogP contribution in [-0.2, 0) is 11.3 Å². The molecule has 0 aromatic carbocycles. The van der Waals surface area contributed by atoms with Gasteiger partial charge in [0.15, 0.2) is 0 Å². The molecular formula is C12H22N4O. The zero-order valence-electron chi connectivity index (χ0n) is 10.7. The van der Waals surface area contributed by atoms with Gasteiger partial charge < -0.3 is 10.6 Å². The fraction of sp³-hybridized carbons (Fsp3) is 0.667. The van der Waals surface area contributed by atoms with Crippen LogP contribution in [0.1, 0.15) is 32.6 Å². The first-order chi connectivity index (χ1) is 8.26. The number of carbonyl (C=O) groups excluding carboxylic acids is 1. The molecule has 0 radical (unpaired) electrons. The van der Waals surface area contributed by atoms with E-state index in [4.69, 9.17) is 0 Å². The van der Waals surface area contributed by atoms with E-state index in [1.54, 1.807) is 17.9 Å². The molecule has 0 aliphatic heterocycles. The Labute approximate surface area is 103 Å². The minimum Gasteiger partial charge on any atom is -0.383 e. The van der Waals surface area contributed by atoms with Crippen molar-refractivity contribution in [1.29, 1.82) is 0 Å². The highest BCUT2D eigenvalue weighted by molar-refractivity contribution is 5.75. The summed E-state index contributed by atoms with van der Waals surface area (Å²) in [5.74, 6) is -0.0393. The van der Waals surface area contributed by atoms with Gasteiger partial charge >= 0.3 is 0 Å². The van der Waals surface area contributed by atoms with Gasteiger partial charge in [-0.3, -0.25) is 9.48 Å². The van der Waals surface area contributed by atoms with Crippen molar-refractivity contribution in [2.24, 2.45) is 0 Å². The number of aromatic nitrogens is 2. The third-order valence-corrected chi connectivity index (χ3v) is 2.58. The SMILES string of the molecule is CCCCCCNc1cnn(CC(=O)NC)c1. The van der Waals surface area contributed by atoms with Gasteiger partial charge in [-0.2, -0.15) is 5.10 Å². The average Bonchev–Trinajstić information content (AvgIpc) is 2.76. The number of nitrogens with zero attached hydrogens (tertiary/aromatic N) is 2. The molecule has 1 heterocycles. The van der Waals surface area contributed by atoms with Gasteiger partial charge in [-0.25, -0.2) is 0 Å². The molecular weight excluding hydrogens is 216 g/mol. The summed E-state index contributed by atoms with van der Waals surface area (Å²) in [5.41, 5.74) is 0.977. The van der Waals surface area contributed by atoms with Crippen molar-refractivity contribution < 1.29 is 4.79 Å². The minimum absolute atomic E-state index is 0.0393. The second-order valence-corrected chi connectivity index (χ2v) is 4.09. The summed E-state index contributed by atoms with van der Waals surface area (Å²) < 4.78 is 1.63. The minimum atomic E-state index is -0.0393. The Morgan fingerprint density at radius 1 is 1.41 bits per heavy atom. The lowest BCUT2D eigenvalue weighted by molar-refractivity contribution is -0.121. The van der Waals surface area contributed by atoms with Gasteiger partial charge in [0.1, 0.15) is 6.54 Å². The highest BCUT2D eigenvalue weighted by atomic mass is 16.1. The smallest absolute Gasteiger partial charge is 0.241 e. The lowest BCUT2D eigenvalue weighted by Crippen LogP contribution is -2.23. The van der Waals surface area contributed by atoms with Crippen LogP contribution >= 0.6 is 0 Å². The van der Waals surface area contributed by atoms with Crippen molar-refractivity contribution in [3.63, 3.8) is 0 Å². The van der Waals surface area contributed by atoms with E-state index in [0.717, 1.165) is 12.2 Å². The topological polar surface area (TPSA) is 59.0 Å². The van der Waals surface area contributed by atoms with Crippen LogP contribution in [0.25, 0.3) is 0 Å². The maximum atomic E-state index is 11.1. The Kier molecular flexibility index (Phi) is 6.14. The van der Waals surface area contributed by atoms with Crippen LogP contribution in [0.5, 0.6) is 0 Å². The molecule has 0 aliphatic carbocycles. The molecule has 5 heteroatoms. The molecule has 5 nitrogen and oxygen atoms in total. The molecule has 2 N–H and O–H groups in total. The Morgan fingerprint density at radius 2 is 2.24 bits per heavy atom. The van der Waals surface area contributed by atoms with E-state index in [1.807, 2.05) is 6.20 Å². The van der Waals surface area contributed by atoms with Gasteiger partial charge in [0, 0.05) is 19.8 Å². The number of likely N-dealkylation sites (N-methyl/N-ethyl adjacent to an activating group) is 1. The lowest BCUT2D eigenvalue weighted by Gasteiger charge is -2.02. The van der Waals surface area contributed by atoms with Gasteiger partial charge in [0.2, 0.25) is 5.91 Å². The van der Waals surface area contributed by atoms with Gasteiger partial charge in [-0.15, -0.1) is 0 Å². The summed E-state index contributed by atoms with van der Waals surface area (Å²) in [6, 6.07) is 0. The highest BCUT2D eigenvalue weighted by Crippen LogP contribution is 2.06. The van der Waals surface area contributed by atoms with Crippen molar-refractivity contribution >= 4 is 11.6 Å². The third kappa shape index (κ3) is 5.38. The normalized spacial score (nSPS) is 10.2. The molecule has 0 fully saturated rings. The lowest BCUT2D eigenvalue weighted by atomic mass is 10.2. The summed E-state index contributed by atoms with van der Waals surface area (Å²) in [6.07, 6.45) is 8.59. The van der Waals surface area contributed by atoms with Crippen molar-refractivity contribution in [3.8, 4) is 0 Å². The van der Waals surface area contributed by atoms with Crippen LogP contribution in [0.4, 0.5) is 5.69 Å². The summed E-state index contributed by atoms with van der Waals surface area (Å²) in [5, 5.41) is 9.98. The van der Waals surface area contributed by atoms with Crippen molar-refractivity contribution in [2.75, 3.05) is 18.9 Å². The van der Waals surface area contributed by atoms with Crippen molar-refractivity contribution in [1.82, 2.24) is 15.1 Å². The Morgan fingerprint density at radius 3 is 2.94 bits per heavy atom. The van der Waals surface area contributed by atoms with Crippen LogP contribution in [0, 0.1) is 0 Å². The van der Waals surface area contributed by atoms with E-state index in [0.29, 0.717) is 0 Å². The molecule has 1 aromatic rings. The number of carbonyl (C=O) groups is 1. The molecule has 0 unspecified atom stereocenters. The molecule has 1 rings (SSSR count). The summed E-state index contributed by atoms with van der Waals surface area (Å²) in [6.45, 7) is 3.44. The van der Waals surface area contributed by atoms with Crippen LogP contribution in [0.3, 0.4) is 0 Å². The molecule has 96 valence electrons. The zero-order chi connectivity index (χ0) is 12.5. The monoisotopic (exact) mass is 238 g/mol. The molecule has 0 aliphatic rings. The quantitative estimate of drug-likeness (QED) is 0.677. The number of hydrogen-bond acceptors (Lipinski definition) is 3. The van der Waals surface area contributed by atoms with Gasteiger partial charge in [0.05, 0.1) is 11.9 Å². The second kappa shape index (κ2) is 7.70. The number of amides is 1. The largest absolute Gasteiger partial charge is 0.383 e. The van der Waals surface area contributed by atoms with Gasteiger partial charge in [-0.05, 0) is 6.42 Å². The number of rotatable bonds is 8. The average molecular weight is 238 g/mol. The van der Waals surface area contributed by atoms with Crippen molar-refractivity contribution in [2.45, 2.75) is 39.2 Å². The highest BCUT2D eigenvalue weighted by Gasteiger charge is 2.02. The summed E-state index contributed by atoms with van der Waals surface area (Å²) >= 11 is 0. The first kappa shape index (κ1) is 13.5. The molecule has 17 heavy (non-hydrogen) atoms. The van der Waals surface area contributed by atoms with E-state index >= 15 is 0 Å². The van der Waals surface area contributed by atoms with Crippen LogP contribution in [-0.4, -0.2) is 29.3 Å². The summed E-state index contributed by atoms with van der Waals surface area (Å²) in [4.78, 5) is 11.1. The van der Waals surface area contributed by atoms with Gasteiger partial charge in [-0.1, -0.05) is 26.2 Å². The molecule has 0 saturated heterocycles. The maximum Gasteiger partial charge on any atom is 0.241 e. The fourth-order valence-electron chi connectivity index (χ4n) is 1.55. The second-order valence-electron chi connectivity index (χ2n) is 4.09. The Hall–Kier alpha value is -1.52. The molecule has 1 amide bonds. The first-order valence-corrected chi connectivity index (χ1v) is 6.23. The molecule has 1 aromatic heterocycles.